The Labute approximate surface area is 113 Å². The third-order valence-electron chi connectivity index (χ3n) is 2.98. The molecule has 2 aromatic rings. The average Bonchev–Trinajstić information content (AvgIpc) is 2.46. The van der Waals surface area contributed by atoms with E-state index in [-0.39, 0.29) is 0 Å². The Morgan fingerprint density at radius 3 is 2.68 bits per heavy atom. The smallest absolute Gasteiger partial charge is 0.0929 e. The summed E-state index contributed by atoms with van der Waals surface area (Å²) in [5.41, 5.74) is 8.48. The minimum atomic E-state index is -0.514. The molecule has 4 nitrogen and oxygen atoms in total. The van der Waals surface area contributed by atoms with E-state index < -0.39 is 6.10 Å². The number of benzene rings is 1. The van der Waals surface area contributed by atoms with Gasteiger partial charge in [-0.05, 0) is 36.7 Å². The molecule has 0 aliphatic carbocycles. The maximum Gasteiger partial charge on any atom is 0.0929 e. The fourth-order valence-corrected chi connectivity index (χ4v) is 1.85. The van der Waals surface area contributed by atoms with Crippen molar-refractivity contribution < 1.29 is 5.11 Å². The summed E-state index contributed by atoms with van der Waals surface area (Å²) < 4.78 is 0. The number of nitrogens with zero attached hydrogens (tertiary/aromatic N) is 1. The standard InChI is InChI=1S/C15H19N3O/c16-14-5-3-12(4-6-14)7-9-18-11-15(19)13-2-1-8-17-10-13/h1-6,8,10,15,18-19H,7,9,11,16H2/t15-/m0/s1. The number of nitrogens with one attached hydrogen (secondary N) is 1. The molecule has 1 atom stereocenters. The minimum absolute atomic E-state index is 0.514. The Balaban J connectivity index is 1.71. The van der Waals surface area contributed by atoms with Gasteiger partial charge in [0.2, 0.25) is 0 Å². The second-order valence-corrected chi connectivity index (χ2v) is 4.50. The van der Waals surface area contributed by atoms with Gasteiger partial charge in [0.15, 0.2) is 0 Å². The summed E-state index contributed by atoms with van der Waals surface area (Å²) in [7, 11) is 0. The van der Waals surface area contributed by atoms with E-state index in [2.05, 4.69) is 10.3 Å². The zero-order valence-corrected chi connectivity index (χ0v) is 10.8. The number of aliphatic hydroxyl groups is 1. The van der Waals surface area contributed by atoms with E-state index in [4.69, 9.17) is 5.73 Å². The summed E-state index contributed by atoms with van der Waals surface area (Å²) >= 11 is 0. The SMILES string of the molecule is Nc1ccc(CCNC[C@H](O)c2cccnc2)cc1. The van der Waals surface area contributed by atoms with Crippen LogP contribution in [0, 0.1) is 0 Å². The lowest BCUT2D eigenvalue weighted by molar-refractivity contribution is 0.174. The van der Waals surface area contributed by atoms with Crippen LogP contribution in [0.5, 0.6) is 0 Å². The Kier molecular flexibility index (Phi) is 4.89. The molecule has 0 amide bonds. The molecule has 0 saturated carbocycles. The van der Waals surface area contributed by atoms with Crippen LogP contribution in [0.4, 0.5) is 5.69 Å². The lowest BCUT2D eigenvalue weighted by Crippen LogP contribution is -2.23. The highest BCUT2D eigenvalue weighted by Crippen LogP contribution is 2.09. The van der Waals surface area contributed by atoms with Gasteiger partial charge in [-0.15, -0.1) is 0 Å². The number of nitrogens with two attached hydrogens (primary N) is 1. The molecule has 0 aliphatic heterocycles. The molecule has 4 N–H and O–H groups in total. The van der Waals surface area contributed by atoms with E-state index in [1.165, 1.54) is 5.56 Å². The fraction of sp³-hybridized carbons (Fsp3) is 0.267. The number of anilines is 1. The maximum atomic E-state index is 9.94. The molecule has 100 valence electrons. The van der Waals surface area contributed by atoms with Crippen LogP contribution in [-0.2, 0) is 6.42 Å². The number of hydrogen-bond acceptors (Lipinski definition) is 4. The van der Waals surface area contributed by atoms with Gasteiger partial charge in [-0.3, -0.25) is 4.98 Å². The van der Waals surface area contributed by atoms with E-state index in [0.717, 1.165) is 24.2 Å². The van der Waals surface area contributed by atoms with Gasteiger partial charge >= 0.3 is 0 Å². The maximum absolute atomic E-state index is 9.94. The molecular weight excluding hydrogens is 238 g/mol. The molecule has 0 unspecified atom stereocenters. The number of hydrogen-bond donors (Lipinski definition) is 3. The van der Waals surface area contributed by atoms with E-state index in [1.54, 1.807) is 12.4 Å². The molecular formula is C15H19N3O. The molecule has 1 aromatic carbocycles. The molecule has 0 spiro atoms. The summed E-state index contributed by atoms with van der Waals surface area (Å²) in [6.45, 7) is 1.35. The summed E-state index contributed by atoms with van der Waals surface area (Å²) in [6.07, 6.45) is 3.79. The lowest BCUT2D eigenvalue weighted by atomic mass is 10.1. The van der Waals surface area contributed by atoms with E-state index in [1.807, 2.05) is 36.4 Å². The second kappa shape index (κ2) is 6.87. The molecule has 0 fully saturated rings. The van der Waals surface area contributed by atoms with Crippen molar-refractivity contribution in [3.63, 3.8) is 0 Å². The molecule has 1 aromatic heterocycles. The molecule has 2 rings (SSSR count). The highest BCUT2D eigenvalue weighted by molar-refractivity contribution is 5.39. The molecule has 1 heterocycles. The summed E-state index contributed by atoms with van der Waals surface area (Å²) in [4.78, 5) is 3.99. The second-order valence-electron chi connectivity index (χ2n) is 4.50. The van der Waals surface area contributed by atoms with Crippen LogP contribution >= 0.6 is 0 Å². The third-order valence-corrected chi connectivity index (χ3v) is 2.98. The first-order chi connectivity index (χ1) is 9.25. The van der Waals surface area contributed by atoms with Gasteiger partial charge in [-0.2, -0.15) is 0 Å². The van der Waals surface area contributed by atoms with Crippen molar-refractivity contribution in [2.75, 3.05) is 18.8 Å². The Bertz CT molecular complexity index is 485. The zero-order chi connectivity index (χ0) is 13.5. The van der Waals surface area contributed by atoms with Gasteiger partial charge in [0.05, 0.1) is 6.10 Å². The van der Waals surface area contributed by atoms with E-state index >= 15 is 0 Å². The lowest BCUT2D eigenvalue weighted by Gasteiger charge is -2.11. The number of aliphatic hydroxyl groups excluding tert-OH is 1. The first-order valence-electron chi connectivity index (χ1n) is 6.39. The third kappa shape index (κ3) is 4.35. The van der Waals surface area contributed by atoms with Crippen LogP contribution < -0.4 is 11.1 Å². The van der Waals surface area contributed by atoms with Crippen molar-refractivity contribution in [2.24, 2.45) is 0 Å². The van der Waals surface area contributed by atoms with Crippen molar-refractivity contribution in [3.05, 3.63) is 59.9 Å². The van der Waals surface area contributed by atoms with Gasteiger partial charge in [0.25, 0.3) is 0 Å². The molecule has 0 aliphatic rings. The Hall–Kier alpha value is -1.91. The monoisotopic (exact) mass is 257 g/mol. The van der Waals surface area contributed by atoms with Gasteiger partial charge in [0.1, 0.15) is 0 Å². The first kappa shape index (κ1) is 13.5. The Morgan fingerprint density at radius 2 is 2.00 bits per heavy atom. The zero-order valence-electron chi connectivity index (χ0n) is 10.8. The molecule has 0 bridgehead atoms. The van der Waals surface area contributed by atoms with Gasteiger partial charge in [0, 0.05) is 30.2 Å². The van der Waals surface area contributed by atoms with Crippen molar-refractivity contribution in [1.82, 2.24) is 10.3 Å². The van der Waals surface area contributed by atoms with Crippen LogP contribution in [-0.4, -0.2) is 23.2 Å². The van der Waals surface area contributed by atoms with Crippen molar-refractivity contribution in [3.8, 4) is 0 Å². The van der Waals surface area contributed by atoms with Gasteiger partial charge < -0.3 is 16.2 Å². The summed E-state index contributed by atoms with van der Waals surface area (Å²) in [6, 6.07) is 11.6. The molecule has 0 radical (unpaired) electrons. The molecule has 4 heteroatoms. The number of nitrogen functional groups attached to an aromatic ring is 1. The topological polar surface area (TPSA) is 71.2 Å². The largest absolute Gasteiger partial charge is 0.399 e. The normalized spacial score (nSPS) is 12.3. The van der Waals surface area contributed by atoms with Crippen molar-refractivity contribution in [2.45, 2.75) is 12.5 Å². The fourth-order valence-electron chi connectivity index (χ4n) is 1.85. The number of rotatable bonds is 6. The molecule has 19 heavy (non-hydrogen) atoms. The summed E-state index contributed by atoms with van der Waals surface area (Å²) in [5, 5.41) is 13.2. The number of aromatic nitrogens is 1. The average molecular weight is 257 g/mol. The highest BCUT2D eigenvalue weighted by Gasteiger charge is 2.05. The predicted molar refractivity (Wildman–Crippen MR) is 76.6 cm³/mol. The Morgan fingerprint density at radius 1 is 1.21 bits per heavy atom. The molecule has 0 saturated heterocycles. The van der Waals surface area contributed by atoms with E-state index in [0.29, 0.717) is 6.54 Å². The number of pyridine rings is 1. The quantitative estimate of drug-likeness (QED) is 0.542. The van der Waals surface area contributed by atoms with Crippen molar-refractivity contribution in [1.29, 1.82) is 0 Å². The van der Waals surface area contributed by atoms with Crippen LogP contribution in [0.1, 0.15) is 17.2 Å². The van der Waals surface area contributed by atoms with Gasteiger partial charge in [-0.25, -0.2) is 0 Å². The highest BCUT2D eigenvalue weighted by atomic mass is 16.3. The summed E-state index contributed by atoms with van der Waals surface area (Å²) in [5.74, 6) is 0. The van der Waals surface area contributed by atoms with Crippen molar-refractivity contribution >= 4 is 5.69 Å². The minimum Gasteiger partial charge on any atom is -0.399 e. The van der Waals surface area contributed by atoms with Gasteiger partial charge in [-0.1, -0.05) is 18.2 Å². The van der Waals surface area contributed by atoms with Crippen LogP contribution in [0.2, 0.25) is 0 Å². The van der Waals surface area contributed by atoms with Crippen LogP contribution in [0.15, 0.2) is 48.8 Å². The predicted octanol–water partition coefficient (Wildman–Crippen LogP) is 1.53. The first-order valence-corrected chi connectivity index (χ1v) is 6.39. The van der Waals surface area contributed by atoms with E-state index in [9.17, 15) is 5.11 Å². The van der Waals surface area contributed by atoms with Crippen LogP contribution in [0.25, 0.3) is 0 Å². The van der Waals surface area contributed by atoms with Crippen LogP contribution in [0.3, 0.4) is 0 Å².